The summed E-state index contributed by atoms with van der Waals surface area (Å²) in [6.45, 7) is 3.99. The zero-order chi connectivity index (χ0) is 13.7. The second-order valence-electron chi connectivity index (χ2n) is 5.01. The average molecular weight is 266 g/mol. The monoisotopic (exact) mass is 266 g/mol. The highest BCUT2D eigenvalue weighted by molar-refractivity contribution is 5.74. The average Bonchev–Trinajstić information content (AvgIpc) is 2.42. The third-order valence-corrected chi connectivity index (χ3v) is 3.65. The molecule has 1 fully saturated rings. The maximum atomic E-state index is 12.9. The fraction of sp³-hybridized carbons (Fsp3) is 0.533. The van der Waals surface area contributed by atoms with Crippen LogP contribution in [0.15, 0.2) is 24.3 Å². The highest BCUT2D eigenvalue weighted by Gasteiger charge is 2.33. The molecule has 1 aromatic carbocycles. The van der Waals surface area contributed by atoms with Crippen LogP contribution in [0.3, 0.4) is 0 Å². The molecule has 19 heavy (non-hydrogen) atoms. The van der Waals surface area contributed by atoms with E-state index < -0.39 is 0 Å². The molecule has 104 valence electrons. The third kappa shape index (κ3) is 3.77. The molecule has 3 nitrogen and oxygen atoms in total. The molecule has 0 aromatic heterocycles. The molecule has 1 unspecified atom stereocenters. The van der Waals surface area contributed by atoms with E-state index in [-0.39, 0.29) is 17.8 Å². The maximum absolute atomic E-state index is 12.9. The van der Waals surface area contributed by atoms with Crippen LogP contribution < -0.4 is 4.90 Å². The van der Waals surface area contributed by atoms with E-state index in [1.165, 1.54) is 17.0 Å². The minimum atomic E-state index is -0.223. The van der Waals surface area contributed by atoms with Gasteiger partial charge in [0.15, 0.2) is 6.04 Å². The first-order valence-electron chi connectivity index (χ1n) is 6.96. The molecular formula is C15H21FNO2+. The lowest BCUT2D eigenvalue weighted by molar-refractivity contribution is -0.935. The predicted octanol–water partition coefficient (Wildman–Crippen LogP) is 1.33. The number of nitrogens with one attached hydrogen (secondary N) is 1. The Morgan fingerprint density at radius 3 is 2.79 bits per heavy atom. The topological polar surface area (TPSA) is 30.7 Å². The lowest BCUT2D eigenvalue weighted by Crippen LogP contribution is -3.16. The molecule has 1 aliphatic heterocycles. The zero-order valence-electron chi connectivity index (χ0n) is 11.3. The molecule has 4 heteroatoms. The zero-order valence-corrected chi connectivity index (χ0v) is 11.3. The molecule has 0 saturated carbocycles. The summed E-state index contributed by atoms with van der Waals surface area (Å²) in [6, 6.07) is 6.45. The molecule has 1 aliphatic rings. The molecule has 1 N–H and O–H groups in total. The van der Waals surface area contributed by atoms with Crippen LogP contribution >= 0.6 is 0 Å². The Kier molecular flexibility index (Phi) is 4.91. The quantitative estimate of drug-likeness (QED) is 0.833. The van der Waals surface area contributed by atoms with Crippen molar-refractivity contribution in [3.8, 4) is 0 Å². The van der Waals surface area contributed by atoms with Gasteiger partial charge in [0.05, 0.1) is 13.2 Å². The van der Waals surface area contributed by atoms with E-state index in [0.717, 1.165) is 37.9 Å². The Labute approximate surface area is 113 Å². The molecule has 0 radical (unpaired) electrons. The number of esters is 1. The summed E-state index contributed by atoms with van der Waals surface area (Å²) in [5, 5.41) is 0. The van der Waals surface area contributed by atoms with Gasteiger partial charge in [-0.2, -0.15) is 0 Å². The van der Waals surface area contributed by atoms with Crippen molar-refractivity contribution in [2.24, 2.45) is 0 Å². The minimum absolute atomic E-state index is 0.0706. The van der Waals surface area contributed by atoms with Gasteiger partial charge in [0.25, 0.3) is 0 Å². The van der Waals surface area contributed by atoms with Gasteiger partial charge < -0.3 is 9.64 Å². The molecule has 0 amide bonds. The fourth-order valence-electron chi connectivity index (χ4n) is 2.68. The van der Waals surface area contributed by atoms with Crippen LogP contribution in [0, 0.1) is 5.82 Å². The molecule has 1 saturated heterocycles. The number of halogens is 1. The summed E-state index contributed by atoms with van der Waals surface area (Å²) < 4.78 is 18.0. The van der Waals surface area contributed by atoms with Crippen molar-refractivity contribution in [1.29, 1.82) is 0 Å². The Hall–Kier alpha value is -1.42. The van der Waals surface area contributed by atoms with E-state index in [9.17, 15) is 9.18 Å². The van der Waals surface area contributed by atoms with Crippen molar-refractivity contribution in [1.82, 2.24) is 0 Å². The molecule has 0 bridgehead atoms. The van der Waals surface area contributed by atoms with Crippen molar-refractivity contribution in [2.45, 2.75) is 38.8 Å². The number of likely N-dealkylation sites (tertiary alicyclic amines) is 1. The number of hydrogen-bond acceptors (Lipinski definition) is 2. The lowest BCUT2D eigenvalue weighted by Gasteiger charge is -2.30. The van der Waals surface area contributed by atoms with E-state index in [1.807, 2.05) is 6.92 Å². The van der Waals surface area contributed by atoms with Crippen molar-refractivity contribution < 1.29 is 18.8 Å². The first-order chi connectivity index (χ1) is 9.20. The SMILES string of the molecule is CCOC(=O)[C@@H]1CCCC[NH+]1Cc1ccc(F)cc1. The summed E-state index contributed by atoms with van der Waals surface area (Å²) in [5.41, 5.74) is 1.06. The second-order valence-corrected chi connectivity index (χ2v) is 5.01. The summed E-state index contributed by atoms with van der Waals surface area (Å²) in [7, 11) is 0. The smallest absolute Gasteiger partial charge is 0.364 e. The largest absolute Gasteiger partial charge is 0.462 e. The number of ether oxygens (including phenoxy) is 1. The van der Waals surface area contributed by atoms with Crippen LogP contribution in [0.4, 0.5) is 4.39 Å². The van der Waals surface area contributed by atoms with Gasteiger partial charge in [-0.05, 0) is 31.9 Å². The van der Waals surface area contributed by atoms with Crippen molar-refractivity contribution >= 4 is 5.97 Å². The van der Waals surface area contributed by atoms with Crippen LogP contribution in [0.5, 0.6) is 0 Å². The van der Waals surface area contributed by atoms with Crippen LogP contribution in [0.1, 0.15) is 31.7 Å². The van der Waals surface area contributed by atoms with E-state index >= 15 is 0 Å². The number of benzene rings is 1. The summed E-state index contributed by atoms with van der Waals surface area (Å²) >= 11 is 0. The molecule has 0 aliphatic carbocycles. The van der Waals surface area contributed by atoms with Gasteiger partial charge in [0, 0.05) is 12.0 Å². The highest BCUT2D eigenvalue weighted by atomic mass is 19.1. The molecule has 0 spiro atoms. The molecule has 2 rings (SSSR count). The normalized spacial score (nSPS) is 23.1. The second kappa shape index (κ2) is 6.66. The van der Waals surface area contributed by atoms with E-state index in [1.54, 1.807) is 12.1 Å². The minimum Gasteiger partial charge on any atom is -0.462 e. The van der Waals surface area contributed by atoms with Gasteiger partial charge in [-0.1, -0.05) is 12.1 Å². The van der Waals surface area contributed by atoms with Crippen molar-refractivity contribution in [3.05, 3.63) is 35.6 Å². The van der Waals surface area contributed by atoms with E-state index in [4.69, 9.17) is 4.74 Å². The Morgan fingerprint density at radius 1 is 1.37 bits per heavy atom. The Bertz CT molecular complexity index is 419. The Balaban J connectivity index is 2.03. The maximum Gasteiger partial charge on any atom is 0.364 e. The van der Waals surface area contributed by atoms with Gasteiger partial charge >= 0.3 is 5.97 Å². The number of hydrogen-bond donors (Lipinski definition) is 1. The first kappa shape index (κ1) is 14.0. The number of quaternary nitrogens is 1. The predicted molar refractivity (Wildman–Crippen MR) is 70.2 cm³/mol. The van der Waals surface area contributed by atoms with Gasteiger partial charge in [-0.15, -0.1) is 0 Å². The van der Waals surface area contributed by atoms with Gasteiger partial charge in [-0.25, -0.2) is 9.18 Å². The van der Waals surface area contributed by atoms with Gasteiger partial charge in [0.2, 0.25) is 0 Å². The number of rotatable bonds is 4. The molecule has 1 aromatic rings. The first-order valence-corrected chi connectivity index (χ1v) is 6.96. The molecule has 2 atom stereocenters. The van der Waals surface area contributed by atoms with Crippen molar-refractivity contribution in [2.75, 3.05) is 13.2 Å². The summed E-state index contributed by atoms with van der Waals surface area (Å²) in [4.78, 5) is 13.2. The van der Waals surface area contributed by atoms with E-state index in [2.05, 4.69) is 0 Å². The van der Waals surface area contributed by atoms with Gasteiger partial charge in [-0.3, -0.25) is 0 Å². The van der Waals surface area contributed by atoms with Crippen LogP contribution in [-0.4, -0.2) is 25.2 Å². The van der Waals surface area contributed by atoms with Crippen LogP contribution in [-0.2, 0) is 16.1 Å². The number of carbonyl (C=O) groups is 1. The highest BCUT2D eigenvalue weighted by Crippen LogP contribution is 2.07. The molecule has 1 heterocycles. The van der Waals surface area contributed by atoms with Crippen molar-refractivity contribution in [3.63, 3.8) is 0 Å². The van der Waals surface area contributed by atoms with Crippen LogP contribution in [0.25, 0.3) is 0 Å². The van der Waals surface area contributed by atoms with Gasteiger partial charge in [0.1, 0.15) is 12.4 Å². The number of piperidine rings is 1. The molecular weight excluding hydrogens is 245 g/mol. The third-order valence-electron chi connectivity index (χ3n) is 3.65. The standard InChI is InChI=1S/C15H20FNO2/c1-2-19-15(18)14-5-3-4-10-17(14)11-12-6-8-13(16)9-7-12/h6-9,14H,2-5,10-11H2,1H3/p+1/t14-/m0/s1. The van der Waals surface area contributed by atoms with Crippen LogP contribution in [0.2, 0.25) is 0 Å². The lowest BCUT2D eigenvalue weighted by atomic mass is 10.0. The fourth-order valence-corrected chi connectivity index (χ4v) is 2.68. The number of carbonyl (C=O) groups excluding carboxylic acids is 1. The summed E-state index contributed by atoms with van der Waals surface area (Å²) in [6.07, 6.45) is 3.10. The summed E-state index contributed by atoms with van der Waals surface area (Å²) in [5.74, 6) is -0.321. The van der Waals surface area contributed by atoms with E-state index in [0.29, 0.717) is 6.61 Å². The Morgan fingerprint density at radius 2 is 2.11 bits per heavy atom.